The number of rotatable bonds is 15. The molecule has 2 saturated heterocycles. The number of carbonyl (C=O) groups excluding carboxylic acids is 4. The summed E-state index contributed by atoms with van der Waals surface area (Å²) in [5.74, 6) is -0.128. The number of amides is 5. The average Bonchev–Trinajstić information content (AvgIpc) is 3.53. The molecular formula is C39H50N6O5. The van der Waals surface area contributed by atoms with E-state index in [1.807, 2.05) is 84.9 Å². The van der Waals surface area contributed by atoms with Gasteiger partial charge in [-0.15, -0.1) is 0 Å². The maximum absolute atomic E-state index is 14.5. The van der Waals surface area contributed by atoms with E-state index in [0.29, 0.717) is 51.7 Å². The molecule has 0 aromatic heterocycles. The number of hydrogen-bond acceptors (Lipinski definition) is 6. The Morgan fingerprint density at radius 2 is 1.48 bits per heavy atom. The predicted octanol–water partition coefficient (Wildman–Crippen LogP) is 3.33. The molecule has 0 aliphatic carbocycles. The zero-order chi connectivity index (χ0) is 35.3. The highest BCUT2D eigenvalue weighted by Gasteiger charge is 2.47. The van der Waals surface area contributed by atoms with Gasteiger partial charge in [-0.3, -0.25) is 14.4 Å². The Bertz CT molecular complexity index is 1550. The van der Waals surface area contributed by atoms with Crippen molar-refractivity contribution in [2.24, 2.45) is 5.92 Å². The Morgan fingerprint density at radius 3 is 2.16 bits per heavy atom. The van der Waals surface area contributed by atoms with Crippen LogP contribution in [0.1, 0.15) is 48.8 Å². The predicted molar refractivity (Wildman–Crippen MR) is 192 cm³/mol. The SMILES string of the molecule is CN[C@H](Cc1ccccc1)C(=O)N[C@@H]1C(=O)N2[C@@H](CC[C@@H]1CCNC(=O)NCc1ccccc1)CC[C@H]2C(=O)NCCc1ccc(OC)cc1. The number of benzene rings is 3. The van der Waals surface area contributed by atoms with Crippen LogP contribution in [-0.4, -0.2) is 80.1 Å². The lowest BCUT2D eigenvalue weighted by molar-refractivity contribution is -0.143. The first kappa shape index (κ1) is 36.4. The van der Waals surface area contributed by atoms with Crippen LogP contribution in [0.3, 0.4) is 0 Å². The number of carbonyl (C=O) groups is 4. The minimum Gasteiger partial charge on any atom is -0.497 e. The lowest BCUT2D eigenvalue weighted by Gasteiger charge is -2.33. The Morgan fingerprint density at radius 1 is 0.800 bits per heavy atom. The first-order valence-corrected chi connectivity index (χ1v) is 17.7. The number of hydrogen-bond donors (Lipinski definition) is 5. The van der Waals surface area contributed by atoms with Gasteiger partial charge in [-0.05, 0) is 86.7 Å². The van der Waals surface area contributed by atoms with Gasteiger partial charge in [-0.2, -0.15) is 0 Å². The van der Waals surface area contributed by atoms with Crippen molar-refractivity contribution in [3.63, 3.8) is 0 Å². The van der Waals surface area contributed by atoms with E-state index >= 15 is 0 Å². The summed E-state index contributed by atoms with van der Waals surface area (Å²) in [6.07, 6.45) is 4.31. The van der Waals surface area contributed by atoms with E-state index in [-0.39, 0.29) is 35.7 Å². The van der Waals surface area contributed by atoms with Gasteiger partial charge in [0.25, 0.3) is 0 Å². The fourth-order valence-corrected chi connectivity index (χ4v) is 7.06. The monoisotopic (exact) mass is 682 g/mol. The molecule has 5 amide bonds. The largest absolute Gasteiger partial charge is 0.497 e. The molecule has 0 spiro atoms. The molecule has 0 bridgehead atoms. The van der Waals surface area contributed by atoms with Crippen LogP contribution in [0.25, 0.3) is 0 Å². The smallest absolute Gasteiger partial charge is 0.315 e. The molecule has 3 aromatic rings. The summed E-state index contributed by atoms with van der Waals surface area (Å²) in [4.78, 5) is 56.1. The highest BCUT2D eigenvalue weighted by Crippen LogP contribution is 2.35. The summed E-state index contributed by atoms with van der Waals surface area (Å²) in [5, 5.41) is 15.1. The van der Waals surface area contributed by atoms with E-state index in [0.717, 1.165) is 35.3 Å². The Balaban J connectivity index is 1.25. The van der Waals surface area contributed by atoms with Crippen LogP contribution in [0.2, 0.25) is 0 Å². The van der Waals surface area contributed by atoms with Gasteiger partial charge in [-0.1, -0.05) is 72.8 Å². The number of ether oxygens (including phenoxy) is 1. The van der Waals surface area contributed by atoms with Crippen LogP contribution >= 0.6 is 0 Å². The molecule has 266 valence electrons. The van der Waals surface area contributed by atoms with Crippen LogP contribution in [0.5, 0.6) is 5.75 Å². The molecule has 50 heavy (non-hydrogen) atoms. The molecule has 5 rings (SSSR count). The lowest BCUT2D eigenvalue weighted by Crippen LogP contribution is -2.58. The highest BCUT2D eigenvalue weighted by atomic mass is 16.5. The molecule has 2 aliphatic heterocycles. The molecule has 0 radical (unpaired) electrons. The summed E-state index contributed by atoms with van der Waals surface area (Å²) >= 11 is 0. The minimum absolute atomic E-state index is 0.0872. The van der Waals surface area contributed by atoms with Crippen molar-refractivity contribution in [2.75, 3.05) is 27.2 Å². The Hall–Kier alpha value is -4.90. The number of nitrogens with one attached hydrogen (secondary N) is 5. The molecular weight excluding hydrogens is 632 g/mol. The van der Waals surface area contributed by atoms with Crippen molar-refractivity contribution < 1.29 is 23.9 Å². The third kappa shape index (κ3) is 9.84. The van der Waals surface area contributed by atoms with Crippen LogP contribution in [0.4, 0.5) is 4.79 Å². The first-order chi connectivity index (χ1) is 24.4. The molecule has 0 saturated carbocycles. The molecule has 2 heterocycles. The zero-order valence-corrected chi connectivity index (χ0v) is 29.0. The molecule has 11 heteroatoms. The second-order valence-corrected chi connectivity index (χ2v) is 13.1. The third-order valence-corrected chi connectivity index (χ3v) is 9.88. The second kappa shape index (κ2) is 18.2. The molecule has 2 fully saturated rings. The van der Waals surface area contributed by atoms with Gasteiger partial charge < -0.3 is 36.2 Å². The standard InChI is InChI=1S/C39H50N6O5/c1-40-33(25-28-9-5-3-6-10-28)36(46)44-35-30(22-24-42-39(49)43-26-29-11-7-4-8-12-29)15-16-31-17-20-34(45(31)38(35)48)37(47)41-23-21-27-13-18-32(50-2)19-14-27/h3-14,18-19,30-31,33-35,40H,15-17,20-26H2,1-2H3,(H,41,47)(H,44,46)(H2,42,43,49)/t30-,31+,33-,34+,35+/m1/s1. The maximum Gasteiger partial charge on any atom is 0.315 e. The van der Waals surface area contributed by atoms with Crippen molar-refractivity contribution in [1.29, 1.82) is 0 Å². The summed E-state index contributed by atoms with van der Waals surface area (Å²) in [6, 6.07) is 24.8. The van der Waals surface area contributed by atoms with Crippen LogP contribution in [0.15, 0.2) is 84.9 Å². The van der Waals surface area contributed by atoms with Crippen molar-refractivity contribution >= 4 is 23.8 Å². The van der Waals surface area contributed by atoms with Gasteiger partial charge in [0.1, 0.15) is 17.8 Å². The zero-order valence-electron chi connectivity index (χ0n) is 29.0. The van der Waals surface area contributed by atoms with Crippen molar-refractivity contribution in [2.45, 2.75) is 75.7 Å². The van der Waals surface area contributed by atoms with Gasteiger partial charge in [0.05, 0.1) is 13.2 Å². The van der Waals surface area contributed by atoms with Crippen LogP contribution in [0, 0.1) is 5.92 Å². The second-order valence-electron chi connectivity index (χ2n) is 13.1. The molecule has 2 aliphatic rings. The lowest BCUT2D eigenvalue weighted by atomic mass is 9.90. The van der Waals surface area contributed by atoms with Gasteiger partial charge >= 0.3 is 6.03 Å². The van der Waals surface area contributed by atoms with E-state index in [1.165, 1.54) is 0 Å². The summed E-state index contributed by atoms with van der Waals surface area (Å²) < 4.78 is 5.24. The Kier molecular flexibility index (Phi) is 13.2. The summed E-state index contributed by atoms with van der Waals surface area (Å²) in [5.41, 5.74) is 3.07. The number of nitrogens with zero attached hydrogens (tertiary/aromatic N) is 1. The summed E-state index contributed by atoms with van der Waals surface area (Å²) in [7, 11) is 3.36. The topological polar surface area (TPSA) is 141 Å². The van der Waals surface area contributed by atoms with Gasteiger partial charge in [0.15, 0.2) is 0 Å². The number of likely N-dealkylation sites (N-methyl/N-ethyl adjacent to an activating group) is 1. The summed E-state index contributed by atoms with van der Waals surface area (Å²) in [6.45, 7) is 1.18. The first-order valence-electron chi connectivity index (χ1n) is 17.7. The Labute approximate surface area is 294 Å². The fraction of sp³-hybridized carbons (Fsp3) is 0.436. The number of fused-ring (bicyclic) bond motifs is 1. The van der Waals surface area contributed by atoms with Crippen LogP contribution < -0.4 is 31.3 Å². The van der Waals surface area contributed by atoms with Gasteiger partial charge in [0, 0.05) is 25.7 Å². The molecule has 3 aromatic carbocycles. The highest BCUT2D eigenvalue weighted by molar-refractivity contribution is 5.94. The van der Waals surface area contributed by atoms with Crippen LogP contribution in [-0.2, 0) is 33.8 Å². The van der Waals surface area contributed by atoms with E-state index < -0.39 is 18.1 Å². The van der Waals surface area contributed by atoms with Gasteiger partial charge in [-0.25, -0.2) is 4.79 Å². The van der Waals surface area contributed by atoms with Gasteiger partial charge in [0.2, 0.25) is 17.7 Å². The minimum atomic E-state index is -0.832. The molecule has 5 N–H and O–H groups in total. The number of methoxy groups -OCH3 is 1. The third-order valence-electron chi connectivity index (χ3n) is 9.88. The molecule has 0 unspecified atom stereocenters. The average molecular weight is 683 g/mol. The van der Waals surface area contributed by atoms with Crippen molar-refractivity contribution in [3.8, 4) is 5.75 Å². The normalized spacial score (nSPS) is 20.6. The van der Waals surface area contributed by atoms with E-state index in [2.05, 4.69) is 26.6 Å². The number of urea groups is 1. The van der Waals surface area contributed by atoms with Crippen molar-refractivity contribution in [1.82, 2.24) is 31.5 Å². The fourth-order valence-electron chi connectivity index (χ4n) is 7.06. The molecule has 11 nitrogen and oxygen atoms in total. The van der Waals surface area contributed by atoms with Crippen molar-refractivity contribution in [3.05, 3.63) is 102 Å². The van der Waals surface area contributed by atoms with E-state index in [9.17, 15) is 19.2 Å². The quantitative estimate of drug-likeness (QED) is 0.167. The van der Waals surface area contributed by atoms with E-state index in [4.69, 9.17) is 4.74 Å². The maximum atomic E-state index is 14.5. The van der Waals surface area contributed by atoms with E-state index in [1.54, 1.807) is 19.1 Å². The molecule has 5 atom stereocenters.